The summed E-state index contributed by atoms with van der Waals surface area (Å²) in [5.74, 6) is 0. The fourth-order valence-electron chi connectivity index (χ4n) is 10.2. The van der Waals surface area contributed by atoms with Crippen LogP contribution in [0.4, 0.5) is 17.1 Å². The van der Waals surface area contributed by atoms with Crippen LogP contribution in [0, 0.1) is 0 Å². The third-order valence-corrected chi connectivity index (χ3v) is 14.2. The Morgan fingerprint density at radius 1 is 0.302 bits per heavy atom. The van der Waals surface area contributed by atoms with Crippen molar-refractivity contribution in [2.24, 2.45) is 0 Å². The van der Waals surface area contributed by atoms with Crippen LogP contribution in [-0.4, -0.2) is 0 Å². The maximum absolute atomic E-state index is 2.41. The van der Waals surface area contributed by atoms with Crippen LogP contribution in [0.3, 0.4) is 0 Å². The Bertz CT molecular complexity index is 3380. The van der Waals surface area contributed by atoms with Crippen LogP contribution in [0.25, 0.3) is 54.6 Å². The topological polar surface area (TPSA) is 3.24 Å². The van der Waals surface area contributed by atoms with Crippen LogP contribution in [0.5, 0.6) is 0 Å². The van der Waals surface area contributed by atoms with Gasteiger partial charge < -0.3 is 4.90 Å². The maximum Gasteiger partial charge on any atom is 0.0723 e. The van der Waals surface area contributed by atoms with E-state index in [1.165, 1.54) is 86.6 Å². The lowest BCUT2D eigenvalue weighted by Crippen LogP contribution is -2.34. The molecule has 12 rings (SSSR count). The molecule has 1 heterocycles. The molecule has 0 fully saturated rings. The second-order valence-corrected chi connectivity index (χ2v) is 17.4. The van der Waals surface area contributed by atoms with Gasteiger partial charge in [-0.2, -0.15) is 0 Å². The number of benzene rings is 11. The van der Waals surface area contributed by atoms with Crippen LogP contribution >= 0.6 is 11.8 Å². The molecule has 2 heteroatoms. The first-order valence-corrected chi connectivity index (χ1v) is 22.5. The van der Waals surface area contributed by atoms with Crippen LogP contribution in [0.2, 0.25) is 0 Å². The largest absolute Gasteiger partial charge is 0.310 e. The Balaban J connectivity index is 1.02. The van der Waals surface area contributed by atoms with Gasteiger partial charge in [0.1, 0.15) is 0 Å². The fraction of sp³-hybridized carbons (Fsp3) is 0.0164. The molecule has 1 aliphatic heterocycles. The van der Waals surface area contributed by atoms with Crippen molar-refractivity contribution in [3.05, 3.63) is 271 Å². The molecule has 0 saturated heterocycles. The van der Waals surface area contributed by atoms with E-state index in [9.17, 15) is 0 Å². The van der Waals surface area contributed by atoms with Crippen LogP contribution in [0.15, 0.2) is 259 Å². The summed E-state index contributed by atoms with van der Waals surface area (Å²) in [6.45, 7) is 0. The van der Waals surface area contributed by atoms with Crippen LogP contribution in [0.1, 0.15) is 22.3 Å². The first-order valence-electron chi connectivity index (χ1n) is 21.7. The number of rotatable bonds is 7. The van der Waals surface area contributed by atoms with Crippen molar-refractivity contribution in [3.8, 4) is 22.3 Å². The molecule has 0 N–H and O–H groups in total. The zero-order valence-electron chi connectivity index (χ0n) is 34.5. The Morgan fingerprint density at radius 2 is 0.746 bits per heavy atom. The molecule has 0 spiro atoms. The van der Waals surface area contributed by atoms with Gasteiger partial charge in [0.05, 0.1) is 5.41 Å². The first-order chi connectivity index (χ1) is 31.3. The summed E-state index contributed by atoms with van der Waals surface area (Å²) in [5.41, 5.74) is 12.8. The van der Waals surface area contributed by atoms with Crippen molar-refractivity contribution in [2.45, 2.75) is 15.2 Å². The van der Waals surface area contributed by atoms with Gasteiger partial charge >= 0.3 is 0 Å². The number of fused-ring (bicyclic) bond motifs is 8. The van der Waals surface area contributed by atoms with E-state index in [2.05, 4.69) is 254 Å². The van der Waals surface area contributed by atoms with E-state index < -0.39 is 5.41 Å². The van der Waals surface area contributed by atoms with Crippen molar-refractivity contribution in [3.63, 3.8) is 0 Å². The van der Waals surface area contributed by atoms with E-state index in [0.717, 1.165) is 17.1 Å². The Morgan fingerprint density at radius 3 is 1.35 bits per heavy atom. The monoisotopic (exact) mass is 819 g/mol. The molecule has 0 bridgehead atoms. The van der Waals surface area contributed by atoms with E-state index in [0.29, 0.717) is 0 Å². The van der Waals surface area contributed by atoms with Gasteiger partial charge in [0.25, 0.3) is 0 Å². The molecule has 11 aromatic carbocycles. The van der Waals surface area contributed by atoms with Crippen molar-refractivity contribution in [1.29, 1.82) is 0 Å². The summed E-state index contributed by atoms with van der Waals surface area (Å²) in [5, 5.41) is 7.60. The van der Waals surface area contributed by atoms with Crippen molar-refractivity contribution < 1.29 is 0 Å². The lowest BCUT2D eigenvalue weighted by molar-refractivity contribution is 0.703. The molecule has 0 aliphatic carbocycles. The molecule has 1 aliphatic rings. The minimum atomic E-state index is -0.482. The highest BCUT2D eigenvalue weighted by Crippen LogP contribution is 2.57. The minimum absolute atomic E-state index is 0.482. The zero-order valence-corrected chi connectivity index (χ0v) is 35.3. The highest BCUT2D eigenvalue weighted by molar-refractivity contribution is 7.99. The van der Waals surface area contributed by atoms with Crippen molar-refractivity contribution in [2.75, 3.05) is 4.90 Å². The number of hydrogen-bond acceptors (Lipinski definition) is 2. The summed E-state index contributed by atoms with van der Waals surface area (Å²) in [6.07, 6.45) is 0. The predicted octanol–water partition coefficient (Wildman–Crippen LogP) is 16.8. The third kappa shape index (κ3) is 6.09. The highest BCUT2D eigenvalue weighted by atomic mass is 32.2. The molecule has 63 heavy (non-hydrogen) atoms. The van der Waals surface area contributed by atoms with Gasteiger partial charge in [0.15, 0.2) is 0 Å². The number of anilines is 3. The van der Waals surface area contributed by atoms with Gasteiger partial charge in [-0.3, -0.25) is 0 Å². The second kappa shape index (κ2) is 15.4. The average Bonchev–Trinajstić information content (AvgIpc) is 3.37. The first kappa shape index (κ1) is 37.1. The van der Waals surface area contributed by atoms with Crippen molar-refractivity contribution >= 4 is 61.1 Å². The third-order valence-electron chi connectivity index (χ3n) is 13.0. The summed E-state index contributed by atoms with van der Waals surface area (Å²) < 4.78 is 0. The standard InChI is InChI=1S/C61H41NS/c1-4-17-42(18-5-1)43-31-35-47(36-32-43)62(49-39-40-55-53-25-11-10-23-51(53)52-24-12-13-26-54(52)56(55)41-49)48-37-33-44(34-38-48)50-27-16-29-58-60(50)63-59-30-15-14-28-57(59)61(58,45-19-6-2-7-20-45)46-21-8-3-9-22-46/h1-41H. The Hall–Kier alpha value is -7.65. The van der Waals surface area contributed by atoms with Gasteiger partial charge in [-0.25, -0.2) is 0 Å². The summed E-state index contributed by atoms with van der Waals surface area (Å²) in [7, 11) is 0. The van der Waals surface area contributed by atoms with Gasteiger partial charge in [0.2, 0.25) is 0 Å². The van der Waals surface area contributed by atoms with E-state index in [1.54, 1.807) is 0 Å². The molecule has 0 aromatic heterocycles. The van der Waals surface area contributed by atoms with Gasteiger partial charge in [-0.05, 0) is 119 Å². The van der Waals surface area contributed by atoms with Gasteiger partial charge in [-0.1, -0.05) is 218 Å². The molecule has 0 atom stereocenters. The molecular formula is C61H41NS. The van der Waals surface area contributed by atoms with E-state index in [4.69, 9.17) is 0 Å². The molecule has 0 radical (unpaired) electrons. The van der Waals surface area contributed by atoms with Gasteiger partial charge in [-0.15, -0.1) is 0 Å². The quantitative estimate of drug-likeness (QED) is 0.147. The molecule has 1 nitrogen and oxygen atoms in total. The summed E-state index contributed by atoms with van der Waals surface area (Å²) in [6, 6.07) is 91.5. The second-order valence-electron chi connectivity index (χ2n) is 16.4. The fourth-order valence-corrected chi connectivity index (χ4v) is 11.5. The van der Waals surface area contributed by atoms with Crippen LogP contribution in [-0.2, 0) is 5.41 Å². The Kier molecular flexibility index (Phi) is 9.06. The van der Waals surface area contributed by atoms with Crippen LogP contribution < -0.4 is 4.90 Å². The zero-order chi connectivity index (χ0) is 41.7. The lowest BCUT2D eigenvalue weighted by atomic mass is 9.64. The maximum atomic E-state index is 2.41. The number of hydrogen-bond donors (Lipinski definition) is 0. The molecule has 11 aromatic rings. The SMILES string of the molecule is c1ccc(-c2ccc(N(c3ccc(-c4cccc5c4Sc4ccccc4C5(c4ccccc4)c4ccccc4)cc3)c3ccc4c5ccccc5c5ccccc5c4c3)cc2)cc1. The Labute approximate surface area is 372 Å². The molecule has 0 amide bonds. The highest BCUT2D eigenvalue weighted by Gasteiger charge is 2.44. The van der Waals surface area contributed by atoms with E-state index in [1.807, 2.05) is 11.8 Å². The molecule has 0 unspecified atom stereocenters. The molecule has 296 valence electrons. The summed E-state index contributed by atoms with van der Waals surface area (Å²) >= 11 is 1.89. The smallest absolute Gasteiger partial charge is 0.0723 e. The van der Waals surface area contributed by atoms with E-state index >= 15 is 0 Å². The van der Waals surface area contributed by atoms with E-state index in [-0.39, 0.29) is 0 Å². The van der Waals surface area contributed by atoms with Crippen molar-refractivity contribution in [1.82, 2.24) is 0 Å². The minimum Gasteiger partial charge on any atom is -0.310 e. The van der Waals surface area contributed by atoms with Gasteiger partial charge in [0, 0.05) is 26.9 Å². The molecular weight excluding hydrogens is 779 g/mol. The summed E-state index contributed by atoms with van der Waals surface area (Å²) in [4.78, 5) is 4.98. The average molecular weight is 820 g/mol. The number of nitrogens with zero attached hydrogens (tertiary/aromatic N) is 1. The normalized spacial score (nSPS) is 12.8. The predicted molar refractivity (Wildman–Crippen MR) is 267 cm³/mol. The molecule has 0 saturated carbocycles. The lowest BCUT2D eigenvalue weighted by Gasteiger charge is -2.42.